The van der Waals surface area contributed by atoms with Crippen LogP contribution >= 0.6 is 0 Å². The number of ether oxygens (including phenoxy) is 2. The molecule has 0 radical (unpaired) electrons. The predicted molar refractivity (Wildman–Crippen MR) is 130 cm³/mol. The van der Waals surface area contributed by atoms with Crippen molar-refractivity contribution in [1.82, 2.24) is 25.2 Å². The molecule has 0 bridgehead atoms. The van der Waals surface area contributed by atoms with Crippen LogP contribution in [0.3, 0.4) is 0 Å². The maximum Gasteiger partial charge on any atom is 0.490 e. The number of hydrogen-bond acceptors (Lipinski definition) is 8. The zero-order valence-electron chi connectivity index (χ0n) is 22.0. The molecule has 2 aliphatic rings. The summed E-state index contributed by atoms with van der Waals surface area (Å²) in [4.78, 5) is 22.8. The Labute approximate surface area is 231 Å². The van der Waals surface area contributed by atoms with E-state index in [1.165, 1.54) is 18.4 Å². The Morgan fingerprint density at radius 1 is 1.00 bits per heavy atom. The van der Waals surface area contributed by atoms with Crippen molar-refractivity contribution in [1.29, 1.82) is 0 Å². The molecule has 41 heavy (non-hydrogen) atoms. The molecule has 1 aromatic heterocycles. The van der Waals surface area contributed by atoms with Crippen molar-refractivity contribution in [2.45, 2.75) is 38.3 Å². The zero-order valence-corrected chi connectivity index (χ0v) is 22.0. The number of hydrogen-bond donors (Lipinski definition) is 3. The largest absolute Gasteiger partial charge is 0.497 e. The minimum atomic E-state index is -5.08. The summed E-state index contributed by atoms with van der Waals surface area (Å²) in [5.74, 6) is -4.60. The molecular weight excluding hydrogens is 568 g/mol. The number of nitrogens with zero attached hydrogens (tertiary/aromatic N) is 4. The number of benzene rings is 1. The Hall–Kier alpha value is -3.44. The number of carboxylic acids is 2. The third kappa shape index (κ3) is 11.9. The van der Waals surface area contributed by atoms with Gasteiger partial charge in [-0.15, -0.1) is 0 Å². The highest BCUT2D eigenvalue weighted by Crippen LogP contribution is 2.34. The second-order valence-electron chi connectivity index (χ2n) is 9.49. The van der Waals surface area contributed by atoms with Crippen molar-refractivity contribution < 1.29 is 55.6 Å². The van der Waals surface area contributed by atoms with Gasteiger partial charge in [0.25, 0.3) is 0 Å². The molecule has 230 valence electrons. The van der Waals surface area contributed by atoms with Crippen molar-refractivity contribution >= 4 is 11.9 Å². The number of halogens is 6. The lowest BCUT2D eigenvalue weighted by Crippen LogP contribution is -2.50. The van der Waals surface area contributed by atoms with Crippen molar-refractivity contribution in [2.24, 2.45) is 5.41 Å². The molecule has 2 saturated heterocycles. The number of aliphatic carboxylic acids is 2. The molecule has 2 aliphatic heterocycles. The van der Waals surface area contributed by atoms with Gasteiger partial charge in [0.1, 0.15) is 5.75 Å². The first-order valence-electron chi connectivity index (χ1n) is 12.2. The summed E-state index contributed by atoms with van der Waals surface area (Å²) >= 11 is 0. The van der Waals surface area contributed by atoms with Crippen LogP contribution in [0, 0.1) is 5.41 Å². The first-order chi connectivity index (χ1) is 19.1. The lowest BCUT2D eigenvalue weighted by molar-refractivity contribution is -0.193. The summed E-state index contributed by atoms with van der Waals surface area (Å²) < 4.78 is 74.8. The maximum atomic E-state index is 10.6. The molecule has 1 spiro atoms. The van der Waals surface area contributed by atoms with E-state index in [1.54, 1.807) is 7.11 Å². The van der Waals surface area contributed by atoms with Crippen LogP contribution in [0.2, 0.25) is 0 Å². The monoisotopic (exact) mass is 599 g/mol. The van der Waals surface area contributed by atoms with Crippen LogP contribution in [0.5, 0.6) is 5.75 Å². The topological polar surface area (TPSA) is 141 Å². The van der Waals surface area contributed by atoms with Gasteiger partial charge in [-0.25, -0.2) is 9.59 Å². The van der Waals surface area contributed by atoms with Crippen LogP contribution in [0.1, 0.15) is 24.1 Å². The summed E-state index contributed by atoms with van der Waals surface area (Å²) in [7, 11) is 1.71. The van der Waals surface area contributed by atoms with Gasteiger partial charge in [-0.3, -0.25) is 9.80 Å². The van der Waals surface area contributed by atoms with Crippen LogP contribution in [0.15, 0.2) is 30.5 Å². The van der Waals surface area contributed by atoms with E-state index in [2.05, 4.69) is 37.3 Å². The van der Waals surface area contributed by atoms with Crippen LogP contribution < -0.4 is 4.74 Å². The van der Waals surface area contributed by atoms with Crippen LogP contribution in [0.4, 0.5) is 26.3 Å². The van der Waals surface area contributed by atoms with Crippen molar-refractivity contribution in [2.75, 3.05) is 46.5 Å². The number of aromatic nitrogens is 3. The fourth-order valence-corrected chi connectivity index (χ4v) is 4.43. The summed E-state index contributed by atoms with van der Waals surface area (Å²) in [6.45, 7) is 7.69. The Morgan fingerprint density at radius 3 is 2.05 bits per heavy atom. The lowest BCUT2D eigenvalue weighted by Gasteiger charge is -2.43. The number of alkyl halides is 6. The predicted octanol–water partition coefficient (Wildman–Crippen LogP) is 3.19. The van der Waals surface area contributed by atoms with Gasteiger partial charge in [-0.2, -0.15) is 41.8 Å². The van der Waals surface area contributed by atoms with Gasteiger partial charge in [-0.1, -0.05) is 12.1 Å². The number of H-pyrrole nitrogens is 1. The quantitative estimate of drug-likeness (QED) is 0.439. The molecule has 17 heteroatoms. The van der Waals surface area contributed by atoms with E-state index in [0.29, 0.717) is 0 Å². The standard InChI is InChI=1S/C20H29N5O2.2C2HF3O2/c1-26-19-5-3-17(4-6-19)12-24-8-2-7-20(14-24)15-25(9-10-27-16-20)13-18-11-21-23-22-18;2*3-2(4,5)1(6)7/h3-6,11H,2,7-10,12-16H2,1H3,(H,21,22,23);2*(H,6,7). The zero-order chi connectivity index (χ0) is 30.7. The van der Waals surface area contributed by atoms with Crippen molar-refractivity contribution in [3.8, 4) is 5.75 Å². The molecule has 3 N–H and O–H groups in total. The summed E-state index contributed by atoms with van der Waals surface area (Å²) in [5.41, 5.74) is 2.53. The fourth-order valence-electron chi connectivity index (χ4n) is 4.43. The smallest absolute Gasteiger partial charge is 0.490 e. The highest BCUT2D eigenvalue weighted by Gasteiger charge is 2.40. The van der Waals surface area contributed by atoms with E-state index in [9.17, 15) is 26.3 Å². The van der Waals surface area contributed by atoms with E-state index in [0.717, 1.165) is 63.9 Å². The maximum absolute atomic E-state index is 10.6. The summed E-state index contributed by atoms with van der Waals surface area (Å²) in [6, 6.07) is 8.42. The second kappa shape index (κ2) is 15.0. The normalized spacial score (nSPS) is 20.2. The molecule has 1 atom stereocenters. The average molecular weight is 600 g/mol. The molecule has 2 fully saturated rings. The van der Waals surface area contributed by atoms with E-state index >= 15 is 0 Å². The summed E-state index contributed by atoms with van der Waals surface area (Å²) in [6.07, 6.45) is -5.91. The summed E-state index contributed by atoms with van der Waals surface area (Å²) in [5, 5.41) is 25.1. The van der Waals surface area contributed by atoms with Crippen LogP contribution in [-0.2, 0) is 27.4 Å². The van der Waals surface area contributed by atoms with Gasteiger partial charge in [-0.05, 0) is 37.1 Å². The highest BCUT2D eigenvalue weighted by molar-refractivity contribution is 5.73. The molecule has 1 unspecified atom stereocenters. The number of carbonyl (C=O) groups is 2. The molecule has 0 amide bonds. The highest BCUT2D eigenvalue weighted by atomic mass is 19.4. The molecule has 1 aromatic carbocycles. The van der Waals surface area contributed by atoms with E-state index in [-0.39, 0.29) is 5.41 Å². The van der Waals surface area contributed by atoms with Crippen molar-refractivity contribution in [3.05, 3.63) is 41.7 Å². The molecule has 2 aromatic rings. The number of rotatable bonds is 5. The third-order valence-corrected chi connectivity index (χ3v) is 6.16. The van der Waals surface area contributed by atoms with E-state index in [1.807, 2.05) is 18.3 Å². The SMILES string of the molecule is COc1ccc(CN2CCCC3(COCCN(Cc4cn[nH]n4)C3)C2)cc1.O=C(O)C(F)(F)F.O=C(O)C(F)(F)F. The minimum absolute atomic E-state index is 0.199. The Bertz CT molecular complexity index is 1060. The van der Waals surface area contributed by atoms with Gasteiger partial charge in [0.2, 0.25) is 0 Å². The van der Waals surface area contributed by atoms with Gasteiger partial charge in [0.05, 0.1) is 32.2 Å². The van der Waals surface area contributed by atoms with Crippen LogP contribution in [0.25, 0.3) is 0 Å². The number of piperidine rings is 1. The second-order valence-corrected chi connectivity index (χ2v) is 9.49. The Kier molecular flexibility index (Phi) is 12.3. The van der Waals surface area contributed by atoms with E-state index in [4.69, 9.17) is 29.3 Å². The molecule has 0 saturated carbocycles. The van der Waals surface area contributed by atoms with E-state index < -0.39 is 24.3 Å². The Balaban J connectivity index is 0.000000349. The number of aromatic amines is 1. The third-order valence-electron chi connectivity index (χ3n) is 6.16. The lowest BCUT2D eigenvalue weighted by atomic mass is 9.80. The van der Waals surface area contributed by atoms with Gasteiger partial charge in [0, 0.05) is 38.1 Å². The molecule has 3 heterocycles. The molecular formula is C24H31F6N5O6. The Morgan fingerprint density at radius 2 is 1.56 bits per heavy atom. The van der Waals surface area contributed by atoms with Gasteiger partial charge >= 0.3 is 24.3 Å². The van der Waals surface area contributed by atoms with Gasteiger partial charge < -0.3 is 19.7 Å². The number of carboxylic acid groups (broad SMARTS) is 2. The first-order valence-corrected chi connectivity index (χ1v) is 12.2. The molecule has 11 nitrogen and oxygen atoms in total. The number of likely N-dealkylation sites (tertiary alicyclic amines) is 1. The van der Waals surface area contributed by atoms with Crippen LogP contribution in [-0.4, -0.2) is 106 Å². The number of methoxy groups -OCH3 is 1. The van der Waals surface area contributed by atoms with Crippen molar-refractivity contribution in [3.63, 3.8) is 0 Å². The first kappa shape index (κ1) is 33.8. The average Bonchev–Trinajstić information content (AvgIpc) is 3.32. The minimum Gasteiger partial charge on any atom is -0.497 e. The fraction of sp³-hybridized carbons (Fsp3) is 0.583. The molecule has 4 rings (SSSR count). The molecule has 0 aliphatic carbocycles. The van der Waals surface area contributed by atoms with Gasteiger partial charge in [0.15, 0.2) is 0 Å². The number of nitrogens with one attached hydrogen (secondary N) is 1.